The van der Waals surface area contributed by atoms with E-state index in [4.69, 9.17) is 0 Å². The molecule has 0 saturated carbocycles. The van der Waals surface area contributed by atoms with Gasteiger partial charge in [0.1, 0.15) is 0 Å². The lowest BCUT2D eigenvalue weighted by Gasteiger charge is -2.37. The first kappa shape index (κ1) is 14.8. The number of rotatable bonds is 4. The molecule has 106 valence electrons. The third-order valence-corrected chi connectivity index (χ3v) is 4.05. The standard InChI is InChI=1S/C15H23BrN2O/c1-12(2)10-17-5-7-18(8-6-17)15-9-14(16)4-3-13(15)11-19/h3-4,9,12,19H,5-8,10-11H2,1-2H3. The fourth-order valence-electron chi connectivity index (χ4n) is 2.65. The van der Waals surface area contributed by atoms with Gasteiger partial charge in [-0.05, 0) is 18.1 Å². The highest BCUT2D eigenvalue weighted by Gasteiger charge is 2.19. The molecule has 0 atom stereocenters. The van der Waals surface area contributed by atoms with Crippen LogP contribution in [0.2, 0.25) is 0 Å². The number of hydrogen-bond acceptors (Lipinski definition) is 3. The molecule has 0 aliphatic carbocycles. The Morgan fingerprint density at radius 3 is 2.47 bits per heavy atom. The van der Waals surface area contributed by atoms with E-state index in [2.05, 4.69) is 45.6 Å². The Balaban J connectivity index is 2.03. The Morgan fingerprint density at radius 2 is 1.89 bits per heavy atom. The lowest BCUT2D eigenvalue weighted by atomic mass is 10.1. The van der Waals surface area contributed by atoms with Gasteiger partial charge in [0.2, 0.25) is 0 Å². The molecule has 0 bridgehead atoms. The highest BCUT2D eigenvalue weighted by Crippen LogP contribution is 2.26. The third kappa shape index (κ3) is 3.94. The molecule has 2 rings (SSSR count). The van der Waals surface area contributed by atoms with Crippen molar-refractivity contribution < 1.29 is 5.11 Å². The first-order valence-corrected chi connectivity index (χ1v) is 7.76. The Kier molecular flexibility index (Phi) is 5.25. The summed E-state index contributed by atoms with van der Waals surface area (Å²) in [5, 5.41) is 9.46. The number of aliphatic hydroxyl groups is 1. The van der Waals surface area contributed by atoms with E-state index in [1.165, 1.54) is 12.2 Å². The van der Waals surface area contributed by atoms with Crippen molar-refractivity contribution in [3.05, 3.63) is 28.2 Å². The van der Waals surface area contributed by atoms with Crippen molar-refractivity contribution in [2.45, 2.75) is 20.5 Å². The molecule has 4 heteroatoms. The van der Waals surface area contributed by atoms with Crippen molar-refractivity contribution in [3.63, 3.8) is 0 Å². The van der Waals surface area contributed by atoms with Crippen LogP contribution in [0.4, 0.5) is 5.69 Å². The maximum atomic E-state index is 9.46. The van der Waals surface area contributed by atoms with Crippen molar-refractivity contribution >= 4 is 21.6 Å². The predicted octanol–water partition coefficient (Wildman–Crippen LogP) is 2.72. The molecule has 0 amide bonds. The van der Waals surface area contributed by atoms with Gasteiger partial charge in [0.25, 0.3) is 0 Å². The normalized spacial score (nSPS) is 17.2. The molecule has 3 nitrogen and oxygen atoms in total. The monoisotopic (exact) mass is 326 g/mol. The minimum atomic E-state index is 0.106. The van der Waals surface area contributed by atoms with Gasteiger partial charge in [-0.1, -0.05) is 35.8 Å². The number of nitrogens with zero attached hydrogens (tertiary/aromatic N) is 2. The quantitative estimate of drug-likeness (QED) is 0.921. The zero-order valence-corrected chi connectivity index (χ0v) is 13.4. The average molecular weight is 327 g/mol. The molecule has 1 saturated heterocycles. The molecule has 1 aliphatic rings. The summed E-state index contributed by atoms with van der Waals surface area (Å²) in [5.41, 5.74) is 2.18. The zero-order chi connectivity index (χ0) is 13.8. The highest BCUT2D eigenvalue weighted by atomic mass is 79.9. The van der Waals surface area contributed by atoms with E-state index in [1.807, 2.05) is 12.1 Å². The van der Waals surface area contributed by atoms with Crippen LogP contribution in [0.15, 0.2) is 22.7 Å². The Bertz CT molecular complexity index is 415. The molecule has 1 aromatic rings. The number of halogens is 1. The predicted molar refractivity (Wildman–Crippen MR) is 83.6 cm³/mol. The summed E-state index contributed by atoms with van der Waals surface area (Å²) in [6.45, 7) is 10.1. The van der Waals surface area contributed by atoms with Crippen molar-refractivity contribution in [1.29, 1.82) is 0 Å². The van der Waals surface area contributed by atoms with Crippen LogP contribution >= 0.6 is 15.9 Å². The summed E-state index contributed by atoms with van der Waals surface area (Å²) in [5.74, 6) is 0.727. The van der Waals surface area contributed by atoms with Crippen LogP contribution in [0.3, 0.4) is 0 Å². The van der Waals surface area contributed by atoms with Gasteiger partial charge in [0.05, 0.1) is 6.61 Å². The topological polar surface area (TPSA) is 26.7 Å². The van der Waals surface area contributed by atoms with E-state index in [-0.39, 0.29) is 6.61 Å². The van der Waals surface area contributed by atoms with Crippen LogP contribution in [0.5, 0.6) is 0 Å². The lowest BCUT2D eigenvalue weighted by Crippen LogP contribution is -2.47. The first-order valence-electron chi connectivity index (χ1n) is 6.96. The fraction of sp³-hybridized carbons (Fsp3) is 0.600. The van der Waals surface area contributed by atoms with E-state index in [0.29, 0.717) is 0 Å². The number of piperazine rings is 1. The molecule has 0 aromatic heterocycles. The summed E-state index contributed by atoms with van der Waals surface area (Å²) in [4.78, 5) is 4.91. The molecule has 1 aliphatic heterocycles. The van der Waals surface area contributed by atoms with Crippen molar-refractivity contribution in [1.82, 2.24) is 4.90 Å². The molecule has 0 radical (unpaired) electrons. The second kappa shape index (κ2) is 6.73. The molecule has 1 heterocycles. The van der Waals surface area contributed by atoms with Gasteiger partial charge < -0.3 is 10.0 Å². The lowest BCUT2D eigenvalue weighted by molar-refractivity contribution is 0.230. The highest BCUT2D eigenvalue weighted by molar-refractivity contribution is 9.10. The summed E-state index contributed by atoms with van der Waals surface area (Å²) >= 11 is 3.52. The molecule has 1 N–H and O–H groups in total. The zero-order valence-electron chi connectivity index (χ0n) is 11.8. The maximum Gasteiger partial charge on any atom is 0.0702 e. The minimum Gasteiger partial charge on any atom is -0.392 e. The van der Waals surface area contributed by atoms with Crippen molar-refractivity contribution in [2.24, 2.45) is 5.92 Å². The van der Waals surface area contributed by atoms with Gasteiger partial charge in [-0.2, -0.15) is 0 Å². The van der Waals surface area contributed by atoms with Crippen LogP contribution in [-0.4, -0.2) is 42.7 Å². The number of anilines is 1. The second-order valence-electron chi connectivity index (χ2n) is 5.61. The van der Waals surface area contributed by atoms with Crippen LogP contribution < -0.4 is 4.90 Å². The molecule has 1 aromatic carbocycles. The van der Waals surface area contributed by atoms with E-state index < -0.39 is 0 Å². The molecule has 0 unspecified atom stereocenters. The minimum absolute atomic E-state index is 0.106. The summed E-state index contributed by atoms with van der Waals surface area (Å²) in [6, 6.07) is 6.10. The fourth-order valence-corrected chi connectivity index (χ4v) is 3.00. The van der Waals surface area contributed by atoms with E-state index >= 15 is 0 Å². The van der Waals surface area contributed by atoms with Gasteiger partial charge in [0.15, 0.2) is 0 Å². The van der Waals surface area contributed by atoms with Gasteiger partial charge in [0, 0.05) is 48.4 Å². The van der Waals surface area contributed by atoms with E-state index in [1.54, 1.807) is 0 Å². The Morgan fingerprint density at radius 1 is 1.21 bits per heavy atom. The van der Waals surface area contributed by atoms with Gasteiger partial charge in [-0.3, -0.25) is 4.90 Å². The first-order chi connectivity index (χ1) is 9.10. The molecular formula is C15H23BrN2O. The number of benzene rings is 1. The largest absolute Gasteiger partial charge is 0.392 e. The number of aliphatic hydroxyl groups excluding tert-OH is 1. The van der Waals surface area contributed by atoms with Crippen molar-refractivity contribution in [2.75, 3.05) is 37.6 Å². The van der Waals surface area contributed by atoms with Crippen LogP contribution in [0, 0.1) is 5.92 Å². The third-order valence-electron chi connectivity index (χ3n) is 3.55. The molecule has 1 fully saturated rings. The second-order valence-corrected chi connectivity index (χ2v) is 6.53. The SMILES string of the molecule is CC(C)CN1CCN(c2cc(Br)ccc2CO)CC1. The Hall–Kier alpha value is -0.580. The summed E-state index contributed by atoms with van der Waals surface area (Å²) in [6.07, 6.45) is 0. The van der Waals surface area contributed by atoms with Gasteiger partial charge in [-0.15, -0.1) is 0 Å². The molecule has 19 heavy (non-hydrogen) atoms. The average Bonchev–Trinajstić information content (AvgIpc) is 2.39. The number of hydrogen-bond donors (Lipinski definition) is 1. The summed E-state index contributed by atoms with van der Waals surface area (Å²) in [7, 11) is 0. The van der Waals surface area contributed by atoms with Gasteiger partial charge >= 0.3 is 0 Å². The van der Waals surface area contributed by atoms with Crippen LogP contribution in [0.1, 0.15) is 19.4 Å². The summed E-state index contributed by atoms with van der Waals surface area (Å²) < 4.78 is 1.07. The van der Waals surface area contributed by atoms with Crippen LogP contribution in [0.25, 0.3) is 0 Å². The van der Waals surface area contributed by atoms with Crippen LogP contribution in [-0.2, 0) is 6.61 Å². The van der Waals surface area contributed by atoms with E-state index in [9.17, 15) is 5.11 Å². The Labute approximate surface area is 124 Å². The molecular weight excluding hydrogens is 304 g/mol. The van der Waals surface area contributed by atoms with E-state index in [0.717, 1.165) is 42.1 Å². The molecule has 0 spiro atoms. The smallest absolute Gasteiger partial charge is 0.0702 e. The maximum absolute atomic E-state index is 9.46. The van der Waals surface area contributed by atoms with Gasteiger partial charge in [-0.25, -0.2) is 0 Å². The van der Waals surface area contributed by atoms with Crippen molar-refractivity contribution in [3.8, 4) is 0 Å².